The van der Waals surface area contributed by atoms with Crippen LogP contribution in [0.1, 0.15) is 41.6 Å². The van der Waals surface area contributed by atoms with Crippen LogP contribution in [0.2, 0.25) is 0 Å². The van der Waals surface area contributed by atoms with Gasteiger partial charge >= 0.3 is 5.97 Å². The van der Waals surface area contributed by atoms with E-state index in [9.17, 15) is 9.59 Å². The third kappa shape index (κ3) is 1.98. The molecule has 0 aliphatic heterocycles. The van der Waals surface area contributed by atoms with Crippen molar-refractivity contribution in [1.82, 2.24) is 5.16 Å². The fraction of sp³-hybridized carbons (Fsp3) is 0.545. The number of nitrogens with zero attached hydrogens (tertiary/aromatic N) is 1. The molecular weight excluding hydrogens is 210 g/mol. The second kappa shape index (κ2) is 4.08. The molecular formula is C11H13NO4. The molecule has 0 bridgehead atoms. The normalized spacial score (nSPS) is 19.2. The monoisotopic (exact) mass is 223 g/mol. The summed E-state index contributed by atoms with van der Waals surface area (Å²) in [5.41, 5.74) is 1.02. The van der Waals surface area contributed by atoms with Crippen LogP contribution in [0.15, 0.2) is 4.52 Å². The molecule has 0 radical (unpaired) electrons. The Hall–Kier alpha value is -1.65. The van der Waals surface area contributed by atoms with Crippen LogP contribution in [0.3, 0.4) is 0 Å². The Morgan fingerprint density at radius 2 is 2.31 bits per heavy atom. The number of ketones is 1. The molecule has 1 unspecified atom stereocenters. The SMILES string of the molecule is CC1CCc2onc(C(=O)CC(=O)O)c2C1. The molecule has 1 heterocycles. The first kappa shape index (κ1) is 10.9. The predicted molar refractivity (Wildman–Crippen MR) is 54.3 cm³/mol. The van der Waals surface area contributed by atoms with E-state index in [-0.39, 0.29) is 5.69 Å². The summed E-state index contributed by atoms with van der Waals surface area (Å²) < 4.78 is 5.07. The van der Waals surface area contributed by atoms with Crippen molar-refractivity contribution in [3.05, 3.63) is 17.0 Å². The molecule has 1 aromatic heterocycles. The van der Waals surface area contributed by atoms with E-state index in [0.29, 0.717) is 5.92 Å². The Balaban J connectivity index is 2.26. The molecule has 5 heteroatoms. The van der Waals surface area contributed by atoms with Crippen molar-refractivity contribution in [2.75, 3.05) is 0 Å². The number of rotatable bonds is 3. The number of carboxylic acid groups (broad SMARTS) is 1. The molecule has 1 aliphatic carbocycles. The van der Waals surface area contributed by atoms with E-state index in [0.717, 1.165) is 30.6 Å². The van der Waals surface area contributed by atoms with E-state index in [2.05, 4.69) is 12.1 Å². The van der Waals surface area contributed by atoms with E-state index in [1.54, 1.807) is 0 Å². The third-order valence-electron chi connectivity index (χ3n) is 2.86. The second-order valence-corrected chi connectivity index (χ2v) is 4.27. The van der Waals surface area contributed by atoms with E-state index >= 15 is 0 Å². The molecule has 0 saturated carbocycles. The van der Waals surface area contributed by atoms with Crippen LogP contribution in [0, 0.1) is 5.92 Å². The van der Waals surface area contributed by atoms with E-state index in [1.165, 1.54) is 0 Å². The predicted octanol–water partition coefficient (Wildman–Crippen LogP) is 1.46. The third-order valence-corrected chi connectivity index (χ3v) is 2.86. The van der Waals surface area contributed by atoms with Gasteiger partial charge in [-0.1, -0.05) is 12.1 Å². The van der Waals surface area contributed by atoms with Gasteiger partial charge in [0, 0.05) is 12.0 Å². The highest BCUT2D eigenvalue weighted by molar-refractivity contribution is 6.05. The zero-order valence-corrected chi connectivity index (χ0v) is 9.02. The van der Waals surface area contributed by atoms with Gasteiger partial charge in [0.1, 0.15) is 12.2 Å². The van der Waals surface area contributed by atoms with Crippen LogP contribution in [-0.2, 0) is 17.6 Å². The molecule has 2 rings (SSSR count). The van der Waals surface area contributed by atoms with Gasteiger partial charge in [0.05, 0.1) is 0 Å². The lowest BCUT2D eigenvalue weighted by molar-refractivity contribution is -0.135. The molecule has 1 aliphatic rings. The molecule has 86 valence electrons. The first-order chi connectivity index (χ1) is 7.58. The van der Waals surface area contributed by atoms with Crippen molar-refractivity contribution >= 4 is 11.8 Å². The summed E-state index contributed by atoms with van der Waals surface area (Å²) in [5, 5.41) is 12.3. The van der Waals surface area contributed by atoms with Crippen molar-refractivity contribution < 1.29 is 19.2 Å². The Labute approximate surface area is 92.4 Å². The molecule has 1 atom stereocenters. The maximum absolute atomic E-state index is 11.6. The maximum Gasteiger partial charge on any atom is 0.311 e. The second-order valence-electron chi connectivity index (χ2n) is 4.27. The van der Waals surface area contributed by atoms with Crippen molar-refractivity contribution in [2.45, 2.75) is 32.6 Å². The lowest BCUT2D eigenvalue weighted by Gasteiger charge is -2.16. The summed E-state index contributed by atoms with van der Waals surface area (Å²) in [6.07, 6.45) is 2.03. The molecule has 5 nitrogen and oxygen atoms in total. The number of carboxylic acids is 1. The van der Waals surface area contributed by atoms with Crippen LogP contribution in [0.4, 0.5) is 0 Å². The van der Waals surface area contributed by atoms with Crippen LogP contribution in [-0.4, -0.2) is 22.0 Å². The Kier molecular flexibility index (Phi) is 2.77. The molecule has 1 aromatic rings. The number of hydrogen-bond donors (Lipinski definition) is 1. The quantitative estimate of drug-likeness (QED) is 0.619. The minimum atomic E-state index is -1.13. The zero-order chi connectivity index (χ0) is 11.7. The zero-order valence-electron chi connectivity index (χ0n) is 9.02. The highest BCUT2D eigenvalue weighted by Gasteiger charge is 2.27. The van der Waals surface area contributed by atoms with Crippen molar-refractivity contribution in [1.29, 1.82) is 0 Å². The van der Waals surface area contributed by atoms with Crippen LogP contribution in [0.5, 0.6) is 0 Å². The van der Waals surface area contributed by atoms with Crippen molar-refractivity contribution in [3.8, 4) is 0 Å². The molecule has 1 N–H and O–H groups in total. The number of carbonyl (C=O) groups is 2. The number of Topliss-reactive ketones (excluding diaryl/α,β-unsaturated/α-hetero) is 1. The van der Waals surface area contributed by atoms with Gasteiger partial charge in [-0.25, -0.2) is 0 Å². The van der Waals surface area contributed by atoms with Gasteiger partial charge in [0.15, 0.2) is 11.5 Å². The summed E-state index contributed by atoms with van der Waals surface area (Å²) in [5.74, 6) is -0.368. The number of fused-ring (bicyclic) bond motifs is 1. The number of aryl methyl sites for hydroxylation is 1. The summed E-state index contributed by atoms with van der Waals surface area (Å²) in [7, 11) is 0. The molecule has 0 amide bonds. The Morgan fingerprint density at radius 3 is 3.00 bits per heavy atom. The van der Waals surface area contributed by atoms with Gasteiger partial charge in [-0.2, -0.15) is 0 Å². The first-order valence-corrected chi connectivity index (χ1v) is 5.30. The summed E-state index contributed by atoms with van der Waals surface area (Å²) in [6.45, 7) is 2.10. The maximum atomic E-state index is 11.6. The van der Waals surface area contributed by atoms with E-state index in [1.807, 2.05) is 0 Å². The van der Waals surface area contributed by atoms with Crippen LogP contribution < -0.4 is 0 Å². The van der Waals surface area contributed by atoms with E-state index < -0.39 is 18.2 Å². The van der Waals surface area contributed by atoms with Crippen molar-refractivity contribution in [3.63, 3.8) is 0 Å². The topological polar surface area (TPSA) is 80.4 Å². The number of aromatic nitrogens is 1. The summed E-state index contributed by atoms with van der Waals surface area (Å²) in [6, 6.07) is 0. The molecule has 0 fully saturated rings. The van der Waals surface area contributed by atoms with Gasteiger partial charge < -0.3 is 9.63 Å². The van der Waals surface area contributed by atoms with Gasteiger partial charge in [0.25, 0.3) is 0 Å². The number of carbonyl (C=O) groups excluding carboxylic acids is 1. The standard InChI is InChI=1S/C11H13NO4/c1-6-2-3-9-7(4-6)11(12-16-9)8(13)5-10(14)15/h6H,2-5H2,1H3,(H,14,15). The average molecular weight is 223 g/mol. The lowest BCUT2D eigenvalue weighted by atomic mass is 9.87. The van der Waals surface area contributed by atoms with Crippen molar-refractivity contribution in [2.24, 2.45) is 5.92 Å². The van der Waals surface area contributed by atoms with Gasteiger partial charge in [-0.05, 0) is 18.8 Å². The molecule has 16 heavy (non-hydrogen) atoms. The van der Waals surface area contributed by atoms with Gasteiger partial charge in [0.2, 0.25) is 0 Å². The molecule has 0 aromatic carbocycles. The van der Waals surface area contributed by atoms with Gasteiger partial charge in [-0.3, -0.25) is 9.59 Å². The van der Waals surface area contributed by atoms with E-state index in [4.69, 9.17) is 9.63 Å². The fourth-order valence-corrected chi connectivity index (χ4v) is 2.02. The highest BCUT2D eigenvalue weighted by Crippen LogP contribution is 2.28. The van der Waals surface area contributed by atoms with Gasteiger partial charge in [-0.15, -0.1) is 0 Å². The minimum Gasteiger partial charge on any atom is -0.481 e. The molecule has 0 saturated heterocycles. The Bertz CT molecular complexity index is 435. The fourth-order valence-electron chi connectivity index (χ4n) is 2.02. The molecule has 0 spiro atoms. The average Bonchev–Trinajstić information content (AvgIpc) is 2.59. The minimum absolute atomic E-state index is 0.212. The summed E-state index contributed by atoms with van der Waals surface area (Å²) >= 11 is 0. The lowest BCUT2D eigenvalue weighted by Crippen LogP contribution is -2.14. The Morgan fingerprint density at radius 1 is 1.56 bits per heavy atom. The number of aliphatic carboxylic acids is 1. The smallest absolute Gasteiger partial charge is 0.311 e. The van der Waals surface area contributed by atoms with Crippen LogP contribution >= 0.6 is 0 Å². The summed E-state index contributed by atoms with van der Waals surface area (Å²) in [4.78, 5) is 22.0. The largest absolute Gasteiger partial charge is 0.481 e. The highest BCUT2D eigenvalue weighted by atomic mass is 16.5. The number of hydrogen-bond acceptors (Lipinski definition) is 4. The first-order valence-electron chi connectivity index (χ1n) is 5.30. The van der Waals surface area contributed by atoms with Crippen LogP contribution in [0.25, 0.3) is 0 Å².